The Balaban J connectivity index is 2.57. The summed E-state index contributed by atoms with van der Waals surface area (Å²) in [4.78, 5) is 0. The molecule has 0 saturated carbocycles. The van der Waals surface area contributed by atoms with Gasteiger partial charge >= 0.3 is 0 Å². The second-order valence-electron chi connectivity index (χ2n) is 3.47. The van der Waals surface area contributed by atoms with Gasteiger partial charge in [0.2, 0.25) is 0 Å². The molecule has 0 aromatic carbocycles. The molecule has 0 radical (unpaired) electrons. The van der Waals surface area contributed by atoms with E-state index in [1.165, 1.54) is 0 Å². The van der Waals surface area contributed by atoms with Crippen LogP contribution in [0.15, 0.2) is 11.6 Å². The molecule has 0 N–H and O–H groups in total. The average molecular weight is 124 g/mol. The van der Waals surface area contributed by atoms with Crippen molar-refractivity contribution in [3.63, 3.8) is 0 Å². The lowest BCUT2D eigenvalue weighted by Crippen LogP contribution is -2.22. The molecule has 2 atom stereocenters. The van der Waals surface area contributed by atoms with E-state index in [9.17, 15) is 0 Å². The number of hydrogen-bond donors (Lipinski definition) is 0. The van der Waals surface area contributed by atoms with Gasteiger partial charge in [0.25, 0.3) is 0 Å². The minimum absolute atomic E-state index is 0.774. The first-order valence-corrected chi connectivity index (χ1v) is 3.84. The Morgan fingerprint density at radius 3 is 2.00 bits per heavy atom. The van der Waals surface area contributed by atoms with Gasteiger partial charge in [-0.15, -0.1) is 0 Å². The molecular formula is C9H16. The SMILES string of the molecule is CC(C)C1=CC(C)C1C. The van der Waals surface area contributed by atoms with Gasteiger partial charge in [0, 0.05) is 0 Å². The van der Waals surface area contributed by atoms with Gasteiger partial charge in [-0.2, -0.15) is 0 Å². The van der Waals surface area contributed by atoms with E-state index in [0.29, 0.717) is 0 Å². The molecule has 0 aromatic heterocycles. The van der Waals surface area contributed by atoms with Crippen molar-refractivity contribution in [2.75, 3.05) is 0 Å². The predicted molar refractivity (Wildman–Crippen MR) is 41.2 cm³/mol. The molecule has 0 aromatic rings. The van der Waals surface area contributed by atoms with Crippen LogP contribution >= 0.6 is 0 Å². The van der Waals surface area contributed by atoms with Crippen molar-refractivity contribution in [3.05, 3.63) is 11.6 Å². The molecule has 52 valence electrons. The topological polar surface area (TPSA) is 0 Å². The lowest BCUT2D eigenvalue weighted by atomic mass is 9.72. The Kier molecular flexibility index (Phi) is 1.65. The summed E-state index contributed by atoms with van der Waals surface area (Å²) in [5.41, 5.74) is 1.66. The highest BCUT2D eigenvalue weighted by Crippen LogP contribution is 2.36. The Morgan fingerprint density at radius 1 is 1.33 bits per heavy atom. The first kappa shape index (κ1) is 6.85. The van der Waals surface area contributed by atoms with Crippen LogP contribution in [0.4, 0.5) is 0 Å². The maximum absolute atomic E-state index is 2.40. The van der Waals surface area contributed by atoms with E-state index in [-0.39, 0.29) is 0 Å². The summed E-state index contributed by atoms with van der Waals surface area (Å²) in [5, 5.41) is 0. The largest absolute Gasteiger partial charge is 0.0814 e. The van der Waals surface area contributed by atoms with Crippen LogP contribution in [0.5, 0.6) is 0 Å². The highest BCUT2D eigenvalue weighted by atomic mass is 14.3. The zero-order valence-corrected chi connectivity index (χ0v) is 6.81. The molecule has 0 heterocycles. The monoisotopic (exact) mass is 124 g/mol. The second-order valence-corrected chi connectivity index (χ2v) is 3.47. The van der Waals surface area contributed by atoms with E-state index in [2.05, 4.69) is 33.8 Å². The molecule has 0 spiro atoms. The number of rotatable bonds is 1. The molecule has 0 heteroatoms. The molecule has 1 aliphatic carbocycles. The smallest absolute Gasteiger partial charge is 0.0169 e. The van der Waals surface area contributed by atoms with E-state index in [0.717, 1.165) is 17.8 Å². The van der Waals surface area contributed by atoms with E-state index >= 15 is 0 Å². The molecule has 0 bridgehead atoms. The molecule has 1 rings (SSSR count). The maximum atomic E-state index is 2.40. The Labute approximate surface area is 58.0 Å². The minimum atomic E-state index is 0.774. The Hall–Kier alpha value is -0.260. The summed E-state index contributed by atoms with van der Waals surface area (Å²) in [6.45, 7) is 9.15. The quantitative estimate of drug-likeness (QED) is 0.471. The zero-order chi connectivity index (χ0) is 7.02. The highest BCUT2D eigenvalue weighted by Gasteiger charge is 2.25. The summed E-state index contributed by atoms with van der Waals surface area (Å²) < 4.78 is 0. The molecule has 9 heavy (non-hydrogen) atoms. The van der Waals surface area contributed by atoms with Gasteiger partial charge in [0.05, 0.1) is 0 Å². The summed E-state index contributed by atoms with van der Waals surface area (Å²) in [6.07, 6.45) is 2.40. The summed E-state index contributed by atoms with van der Waals surface area (Å²) >= 11 is 0. The lowest BCUT2D eigenvalue weighted by Gasteiger charge is -2.33. The molecule has 0 aliphatic heterocycles. The van der Waals surface area contributed by atoms with Crippen LogP contribution in [-0.2, 0) is 0 Å². The van der Waals surface area contributed by atoms with Crippen molar-refractivity contribution in [1.82, 2.24) is 0 Å². The van der Waals surface area contributed by atoms with Crippen molar-refractivity contribution >= 4 is 0 Å². The van der Waals surface area contributed by atoms with Crippen LogP contribution in [0.2, 0.25) is 0 Å². The molecule has 0 saturated heterocycles. The first-order valence-electron chi connectivity index (χ1n) is 3.84. The van der Waals surface area contributed by atoms with Gasteiger partial charge in [0.1, 0.15) is 0 Å². The molecule has 0 nitrogen and oxygen atoms in total. The number of allylic oxidation sites excluding steroid dienone is 2. The fourth-order valence-electron chi connectivity index (χ4n) is 1.50. The van der Waals surface area contributed by atoms with E-state index in [1.54, 1.807) is 5.57 Å². The fraction of sp³-hybridized carbons (Fsp3) is 0.778. The van der Waals surface area contributed by atoms with Crippen LogP contribution in [-0.4, -0.2) is 0 Å². The van der Waals surface area contributed by atoms with E-state index < -0.39 is 0 Å². The average Bonchev–Trinajstić information content (AvgIpc) is 1.81. The van der Waals surface area contributed by atoms with Crippen LogP contribution < -0.4 is 0 Å². The number of hydrogen-bond acceptors (Lipinski definition) is 0. The third-order valence-corrected chi connectivity index (χ3v) is 2.44. The predicted octanol–water partition coefficient (Wildman–Crippen LogP) is 2.85. The van der Waals surface area contributed by atoms with Gasteiger partial charge in [-0.1, -0.05) is 39.3 Å². The zero-order valence-electron chi connectivity index (χ0n) is 6.81. The van der Waals surface area contributed by atoms with Gasteiger partial charge in [0.15, 0.2) is 0 Å². The summed E-state index contributed by atoms with van der Waals surface area (Å²) in [7, 11) is 0. The molecule has 1 aliphatic rings. The maximum Gasteiger partial charge on any atom is -0.0169 e. The van der Waals surface area contributed by atoms with Gasteiger partial charge in [-0.05, 0) is 17.8 Å². The van der Waals surface area contributed by atoms with E-state index in [1.807, 2.05) is 0 Å². The lowest BCUT2D eigenvalue weighted by molar-refractivity contribution is 0.414. The van der Waals surface area contributed by atoms with E-state index in [4.69, 9.17) is 0 Å². The van der Waals surface area contributed by atoms with Crippen LogP contribution in [0.3, 0.4) is 0 Å². The second kappa shape index (κ2) is 2.17. The van der Waals surface area contributed by atoms with Crippen molar-refractivity contribution in [2.45, 2.75) is 27.7 Å². The van der Waals surface area contributed by atoms with Crippen molar-refractivity contribution in [1.29, 1.82) is 0 Å². The van der Waals surface area contributed by atoms with Crippen molar-refractivity contribution in [2.24, 2.45) is 17.8 Å². The van der Waals surface area contributed by atoms with Gasteiger partial charge < -0.3 is 0 Å². The highest BCUT2D eigenvalue weighted by molar-refractivity contribution is 5.21. The Morgan fingerprint density at radius 2 is 1.89 bits per heavy atom. The first-order chi connectivity index (χ1) is 4.13. The Bertz CT molecular complexity index is 131. The summed E-state index contributed by atoms with van der Waals surface area (Å²) in [6, 6.07) is 0. The minimum Gasteiger partial charge on any atom is -0.0814 e. The van der Waals surface area contributed by atoms with Gasteiger partial charge in [-0.25, -0.2) is 0 Å². The van der Waals surface area contributed by atoms with Crippen LogP contribution in [0.1, 0.15) is 27.7 Å². The normalized spacial score (nSPS) is 34.1. The molecule has 0 amide bonds. The molecule has 2 unspecified atom stereocenters. The standard InChI is InChI=1S/C9H16/c1-6(2)9-5-7(3)8(9)4/h5-8H,1-4H3. The fourth-order valence-corrected chi connectivity index (χ4v) is 1.50. The van der Waals surface area contributed by atoms with Gasteiger partial charge in [-0.3, -0.25) is 0 Å². The molecular weight excluding hydrogens is 108 g/mol. The third kappa shape index (κ3) is 1.03. The van der Waals surface area contributed by atoms with Crippen molar-refractivity contribution < 1.29 is 0 Å². The van der Waals surface area contributed by atoms with Crippen LogP contribution in [0.25, 0.3) is 0 Å². The van der Waals surface area contributed by atoms with Crippen molar-refractivity contribution in [3.8, 4) is 0 Å². The summed E-state index contributed by atoms with van der Waals surface area (Å²) in [5.74, 6) is 2.46. The third-order valence-electron chi connectivity index (χ3n) is 2.44. The van der Waals surface area contributed by atoms with Crippen LogP contribution in [0, 0.1) is 17.8 Å². The molecule has 0 fully saturated rings.